The molecule has 5 heteroatoms. The third kappa shape index (κ3) is 5.21. The van der Waals surface area contributed by atoms with Gasteiger partial charge in [-0.05, 0) is 45.1 Å². The first-order chi connectivity index (χ1) is 10.7. The first-order valence-corrected chi connectivity index (χ1v) is 9.31. The average molecular weight is 339 g/mol. The molecule has 0 aromatic carbocycles. The van der Waals surface area contributed by atoms with E-state index in [0.29, 0.717) is 0 Å². The minimum absolute atomic E-state index is 0.115. The molecule has 0 saturated carbocycles. The second-order valence-electron chi connectivity index (χ2n) is 7.96. The molecule has 1 saturated heterocycles. The van der Waals surface area contributed by atoms with E-state index in [1.54, 1.807) is 11.3 Å². The Hall–Kier alpha value is -1.07. The van der Waals surface area contributed by atoms with E-state index in [0.717, 1.165) is 32.5 Å². The van der Waals surface area contributed by atoms with Crippen LogP contribution >= 0.6 is 11.3 Å². The number of likely N-dealkylation sites (tertiary alicyclic amines) is 1. The number of ether oxygens (including phenoxy) is 1. The fourth-order valence-electron chi connectivity index (χ4n) is 2.91. The molecule has 1 unspecified atom stereocenters. The molecule has 0 radical (unpaired) electrons. The number of carbonyl (C=O) groups excluding carboxylic acids is 1. The molecule has 1 amide bonds. The van der Waals surface area contributed by atoms with Crippen molar-refractivity contribution < 1.29 is 9.53 Å². The van der Waals surface area contributed by atoms with Gasteiger partial charge in [-0.3, -0.25) is 0 Å². The number of nitrogens with zero attached hydrogens (tertiary/aromatic N) is 1. The van der Waals surface area contributed by atoms with Crippen LogP contribution in [0.15, 0.2) is 17.5 Å². The molecular weight excluding hydrogens is 308 g/mol. The minimum Gasteiger partial charge on any atom is -0.444 e. The van der Waals surface area contributed by atoms with Crippen molar-refractivity contribution in [1.82, 2.24) is 10.2 Å². The first kappa shape index (κ1) is 18.3. The quantitative estimate of drug-likeness (QED) is 0.882. The summed E-state index contributed by atoms with van der Waals surface area (Å²) >= 11 is 1.80. The number of carbonyl (C=O) groups is 1. The van der Waals surface area contributed by atoms with Crippen LogP contribution in [0.1, 0.15) is 52.3 Å². The Morgan fingerprint density at radius 1 is 1.39 bits per heavy atom. The molecule has 1 N–H and O–H groups in total. The highest BCUT2D eigenvalue weighted by Crippen LogP contribution is 2.27. The lowest BCUT2D eigenvalue weighted by atomic mass is 9.91. The fraction of sp³-hybridized carbons (Fsp3) is 0.722. The van der Waals surface area contributed by atoms with E-state index in [9.17, 15) is 4.79 Å². The van der Waals surface area contributed by atoms with Crippen LogP contribution in [0.3, 0.4) is 0 Å². The summed E-state index contributed by atoms with van der Waals surface area (Å²) in [6.45, 7) is 12.8. The molecule has 1 atom stereocenters. The monoisotopic (exact) mass is 338 g/mol. The van der Waals surface area contributed by atoms with E-state index in [4.69, 9.17) is 4.74 Å². The molecule has 0 aliphatic carbocycles. The Labute approximate surface area is 144 Å². The maximum atomic E-state index is 12.3. The van der Waals surface area contributed by atoms with Gasteiger partial charge in [-0.1, -0.05) is 19.9 Å². The summed E-state index contributed by atoms with van der Waals surface area (Å²) in [7, 11) is 0. The van der Waals surface area contributed by atoms with Gasteiger partial charge < -0.3 is 15.0 Å². The number of nitrogens with one attached hydrogen (secondary N) is 1. The number of rotatable bonds is 5. The summed E-state index contributed by atoms with van der Waals surface area (Å²) in [4.78, 5) is 15.6. The van der Waals surface area contributed by atoms with Crippen LogP contribution < -0.4 is 5.32 Å². The highest BCUT2D eigenvalue weighted by atomic mass is 32.1. The van der Waals surface area contributed by atoms with Gasteiger partial charge in [-0.2, -0.15) is 0 Å². The molecule has 1 aromatic heterocycles. The molecule has 1 aliphatic heterocycles. The highest BCUT2D eigenvalue weighted by molar-refractivity contribution is 7.10. The van der Waals surface area contributed by atoms with Crippen molar-refractivity contribution in [2.24, 2.45) is 0 Å². The van der Waals surface area contributed by atoms with Crippen molar-refractivity contribution in [2.45, 2.75) is 64.5 Å². The zero-order valence-corrected chi connectivity index (χ0v) is 15.8. The van der Waals surface area contributed by atoms with Crippen molar-refractivity contribution in [3.05, 3.63) is 22.4 Å². The van der Waals surface area contributed by atoms with Gasteiger partial charge in [-0.25, -0.2) is 4.79 Å². The lowest BCUT2D eigenvalue weighted by Gasteiger charge is -2.30. The summed E-state index contributed by atoms with van der Waals surface area (Å²) in [6.07, 6.45) is 1.92. The molecule has 0 bridgehead atoms. The second kappa shape index (κ2) is 7.22. The average Bonchev–Trinajstić information content (AvgIpc) is 3.08. The zero-order chi connectivity index (χ0) is 17.1. The number of amides is 1. The van der Waals surface area contributed by atoms with Crippen LogP contribution in [0.4, 0.5) is 4.79 Å². The topological polar surface area (TPSA) is 41.6 Å². The maximum absolute atomic E-state index is 12.3. The molecular formula is C18H30N2O2S. The van der Waals surface area contributed by atoms with Crippen molar-refractivity contribution in [3.8, 4) is 0 Å². The van der Waals surface area contributed by atoms with Crippen molar-refractivity contribution >= 4 is 17.4 Å². The lowest BCUT2D eigenvalue weighted by molar-refractivity contribution is 0.0226. The number of thiophene rings is 1. The van der Waals surface area contributed by atoms with Crippen LogP contribution in [0.5, 0.6) is 0 Å². The van der Waals surface area contributed by atoms with Gasteiger partial charge in [0.05, 0.1) is 0 Å². The van der Waals surface area contributed by atoms with Crippen LogP contribution in [0.2, 0.25) is 0 Å². The van der Waals surface area contributed by atoms with Crippen molar-refractivity contribution in [2.75, 3.05) is 19.6 Å². The van der Waals surface area contributed by atoms with E-state index in [-0.39, 0.29) is 17.6 Å². The third-order valence-corrected chi connectivity index (χ3v) is 5.38. The SMILES string of the molecule is CC(C)(C)OC(=O)N1CCCC1CNCC(C)(C)c1cccs1. The van der Waals surface area contributed by atoms with Crippen molar-refractivity contribution in [1.29, 1.82) is 0 Å². The van der Waals surface area contributed by atoms with Gasteiger partial charge in [0, 0.05) is 36.0 Å². The van der Waals surface area contributed by atoms with Gasteiger partial charge in [0.2, 0.25) is 0 Å². The summed E-state index contributed by atoms with van der Waals surface area (Å²) < 4.78 is 5.52. The van der Waals surface area contributed by atoms with E-state index in [2.05, 4.69) is 36.7 Å². The van der Waals surface area contributed by atoms with Gasteiger partial charge in [0.15, 0.2) is 0 Å². The minimum atomic E-state index is -0.432. The lowest BCUT2D eigenvalue weighted by Crippen LogP contribution is -2.45. The van der Waals surface area contributed by atoms with Gasteiger partial charge in [-0.15, -0.1) is 11.3 Å². The molecule has 2 rings (SSSR count). The number of hydrogen-bond donors (Lipinski definition) is 1. The third-order valence-electron chi connectivity index (χ3n) is 4.14. The van der Waals surface area contributed by atoms with E-state index >= 15 is 0 Å². The smallest absolute Gasteiger partial charge is 0.410 e. The standard InChI is InChI=1S/C18H30N2O2S/c1-17(2,3)22-16(21)20-10-6-8-14(20)12-19-13-18(4,5)15-9-7-11-23-15/h7,9,11,14,19H,6,8,10,12-13H2,1-5H3. The van der Waals surface area contributed by atoms with E-state index in [1.165, 1.54) is 4.88 Å². The first-order valence-electron chi connectivity index (χ1n) is 8.43. The Morgan fingerprint density at radius 3 is 2.74 bits per heavy atom. The molecule has 1 aromatic rings. The van der Waals surface area contributed by atoms with Gasteiger partial charge >= 0.3 is 6.09 Å². The highest BCUT2D eigenvalue weighted by Gasteiger charge is 2.32. The summed E-state index contributed by atoms with van der Waals surface area (Å²) in [5, 5.41) is 5.68. The fourth-order valence-corrected chi connectivity index (χ4v) is 3.76. The largest absolute Gasteiger partial charge is 0.444 e. The van der Waals surface area contributed by atoms with Gasteiger partial charge in [0.25, 0.3) is 0 Å². The van der Waals surface area contributed by atoms with Crippen LogP contribution in [-0.4, -0.2) is 42.3 Å². The normalized spacial score (nSPS) is 19.2. The summed E-state index contributed by atoms with van der Waals surface area (Å²) in [5.74, 6) is 0. The predicted molar refractivity (Wildman–Crippen MR) is 96.2 cm³/mol. The number of hydrogen-bond acceptors (Lipinski definition) is 4. The van der Waals surface area contributed by atoms with Crippen LogP contribution in [0, 0.1) is 0 Å². The van der Waals surface area contributed by atoms with E-state index < -0.39 is 5.60 Å². The predicted octanol–water partition coefficient (Wildman–Crippen LogP) is 4.01. The second-order valence-corrected chi connectivity index (χ2v) is 8.91. The van der Waals surface area contributed by atoms with Gasteiger partial charge in [0.1, 0.15) is 5.60 Å². The Morgan fingerprint density at radius 2 is 2.13 bits per heavy atom. The van der Waals surface area contributed by atoms with Crippen LogP contribution in [0.25, 0.3) is 0 Å². The molecule has 2 heterocycles. The summed E-state index contributed by atoms with van der Waals surface area (Å²) in [6, 6.07) is 4.53. The van der Waals surface area contributed by atoms with E-state index in [1.807, 2.05) is 25.7 Å². The molecule has 130 valence electrons. The molecule has 23 heavy (non-hydrogen) atoms. The van der Waals surface area contributed by atoms with Crippen molar-refractivity contribution in [3.63, 3.8) is 0 Å². The Balaban J connectivity index is 1.84. The molecule has 4 nitrogen and oxygen atoms in total. The Bertz CT molecular complexity index is 506. The Kier molecular flexibility index (Phi) is 5.74. The molecule has 1 aliphatic rings. The zero-order valence-electron chi connectivity index (χ0n) is 15.0. The van der Waals surface area contributed by atoms with Crippen LogP contribution in [-0.2, 0) is 10.2 Å². The summed E-state index contributed by atoms with van der Waals surface area (Å²) in [5.41, 5.74) is -0.317. The molecule has 0 spiro atoms. The molecule has 1 fully saturated rings. The maximum Gasteiger partial charge on any atom is 0.410 e.